The molecule has 0 spiro atoms. The second kappa shape index (κ2) is 7.18. The molecule has 4 nitrogen and oxygen atoms in total. The molecule has 1 heterocycles. The van der Waals surface area contributed by atoms with Gasteiger partial charge < -0.3 is 5.11 Å². The zero-order chi connectivity index (χ0) is 20.7. The number of carbonyl (C=O) groups is 2. The number of halogens is 2. The van der Waals surface area contributed by atoms with Gasteiger partial charge in [0.1, 0.15) is 5.82 Å². The number of benzene rings is 3. The van der Waals surface area contributed by atoms with Crippen molar-refractivity contribution in [3.8, 4) is 0 Å². The minimum atomic E-state index is -1.06. The average Bonchev–Trinajstić information content (AvgIpc) is 2.97. The predicted octanol–water partition coefficient (Wildman–Crippen LogP) is 5.70. The van der Waals surface area contributed by atoms with Crippen molar-refractivity contribution >= 4 is 46.5 Å². The summed E-state index contributed by atoms with van der Waals surface area (Å²) in [5.41, 5.74) is 2.84. The van der Waals surface area contributed by atoms with Crippen molar-refractivity contribution in [3.63, 3.8) is 0 Å². The maximum Gasteiger partial charge on any atom is 0.335 e. The molecule has 0 fully saturated rings. The fourth-order valence-corrected chi connectivity index (χ4v) is 3.69. The minimum absolute atomic E-state index is 0.0994. The summed E-state index contributed by atoms with van der Waals surface area (Å²) in [4.78, 5) is 25.8. The van der Waals surface area contributed by atoms with Crippen LogP contribution in [0.25, 0.3) is 11.6 Å². The molecule has 0 unspecified atom stereocenters. The first-order valence-electron chi connectivity index (χ1n) is 8.82. The molecule has 144 valence electrons. The first-order chi connectivity index (χ1) is 13.9. The SMILES string of the molecule is Cc1cccc(Cl)c1/C=C1/C(=O)N(c2ccc(C(=O)O)cc2)c2cccc(F)c21. The number of fused-ring (bicyclic) bond motifs is 1. The Kier molecular flexibility index (Phi) is 4.68. The van der Waals surface area contributed by atoms with Crippen LogP contribution in [-0.2, 0) is 4.79 Å². The Morgan fingerprint density at radius 3 is 2.41 bits per heavy atom. The zero-order valence-electron chi connectivity index (χ0n) is 15.3. The van der Waals surface area contributed by atoms with Gasteiger partial charge in [0.15, 0.2) is 0 Å². The van der Waals surface area contributed by atoms with Gasteiger partial charge >= 0.3 is 5.97 Å². The third-order valence-electron chi connectivity index (χ3n) is 4.87. The van der Waals surface area contributed by atoms with Gasteiger partial charge in [-0.15, -0.1) is 0 Å². The van der Waals surface area contributed by atoms with Crippen LogP contribution in [0.3, 0.4) is 0 Å². The summed E-state index contributed by atoms with van der Waals surface area (Å²) in [5, 5.41) is 9.56. The quantitative estimate of drug-likeness (QED) is 0.566. The van der Waals surface area contributed by atoms with Gasteiger partial charge in [-0.3, -0.25) is 9.69 Å². The van der Waals surface area contributed by atoms with Crippen molar-refractivity contribution in [2.75, 3.05) is 4.90 Å². The van der Waals surface area contributed by atoms with Crippen LogP contribution < -0.4 is 4.90 Å². The number of aromatic carboxylic acids is 1. The summed E-state index contributed by atoms with van der Waals surface area (Å²) in [6.45, 7) is 1.86. The van der Waals surface area contributed by atoms with Gasteiger partial charge in [0.25, 0.3) is 5.91 Å². The van der Waals surface area contributed by atoms with Crippen molar-refractivity contribution in [3.05, 3.63) is 93.8 Å². The topological polar surface area (TPSA) is 57.6 Å². The Hall–Kier alpha value is -3.44. The minimum Gasteiger partial charge on any atom is -0.478 e. The lowest BCUT2D eigenvalue weighted by Crippen LogP contribution is -2.20. The standard InChI is InChI=1S/C23H15ClFNO3/c1-13-4-2-5-18(24)16(13)12-17-21-19(25)6-3-7-20(21)26(22(17)27)15-10-8-14(9-11-15)23(28)29/h2-12H,1H3,(H,28,29)/b17-12+. The molecule has 3 aromatic carbocycles. The maximum absolute atomic E-state index is 14.7. The molecule has 0 aliphatic carbocycles. The number of amides is 1. The molecule has 4 rings (SSSR count). The van der Waals surface area contributed by atoms with E-state index in [0.29, 0.717) is 22.0 Å². The molecule has 0 radical (unpaired) electrons. The molecule has 1 N–H and O–H groups in total. The lowest BCUT2D eigenvalue weighted by atomic mass is 10.0. The van der Waals surface area contributed by atoms with Gasteiger partial charge in [-0.25, -0.2) is 9.18 Å². The smallest absolute Gasteiger partial charge is 0.335 e. The van der Waals surface area contributed by atoms with Gasteiger partial charge in [-0.1, -0.05) is 29.8 Å². The van der Waals surface area contributed by atoms with E-state index in [0.717, 1.165) is 5.56 Å². The van der Waals surface area contributed by atoms with E-state index in [9.17, 15) is 14.0 Å². The molecule has 0 atom stereocenters. The predicted molar refractivity (Wildman–Crippen MR) is 111 cm³/mol. The molecule has 3 aromatic rings. The van der Waals surface area contributed by atoms with Crippen LogP contribution in [0.2, 0.25) is 5.02 Å². The molecule has 0 saturated carbocycles. The molecule has 0 saturated heterocycles. The van der Waals surface area contributed by atoms with Crippen molar-refractivity contribution in [1.29, 1.82) is 0 Å². The van der Waals surface area contributed by atoms with Crippen molar-refractivity contribution in [2.45, 2.75) is 6.92 Å². The number of hydrogen-bond donors (Lipinski definition) is 1. The Bertz CT molecular complexity index is 1160. The molecule has 1 aliphatic heterocycles. The Labute approximate surface area is 171 Å². The summed E-state index contributed by atoms with van der Waals surface area (Å²) in [6.07, 6.45) is 1.60. The Balaban J connectivity index is 1.89. The molecular formula is C23H15ClFNO3. The van der Waals surface area contributed by atoms with E-state index in [1.165, 1.54) is 41.3 Å². The summed E-state index contributed by atoms with van der Waals surface area (Å²) < 4.78 is 14.7. The lowest BCUT2D eigenvalue weighted by molar-refractivity contribution is -0.112. The zero-order valence-corrected chi connectivity index (χ0v) is 16.1. The molecule has 29 heavy (non-hydrogen) atoms. The third-order valence-corrected chi connectivity index (χ3v) is 5.20. The van der Waals surface area contributed by atoms with Crippen LogP contribution >= 0.6 is 11.6 Å². The van der Waals surface area contributed by atoms with Crippen LogP contribution in [0.4, 0.5) is 15.8 Å². The average molecular weight is 408 g/mol. The van der Waals surface area contributed by atoms with Gasteiger partial charge in [0, 0.05) is 16.3 Å². The number of rotatable bonds is 3. The van der Waals surface area contributed by atoms with Crippen molar-refractivity contribution in [2.24, 2.45) is 0 Å². The van der Waals surface area contributed by atoms with Crippen LogP contribution in [0.1, 0.15) is 27.0 Å². The van der Waals surface area contributed by atoms with E-state index in [2.05, 4.69) is 0 Å². The van der Waals surface area contributed by atoms with E-state index < -0.39 is 17.7 Å². The largest absolute Gasteiger partial charge is 0.478 e. The second-order valence-corrected chi connectivity index (χ2v) is 7.06. The Morgan fingerprint density at radius 1 is 1.07 bits per heavy atom. The van der Waals surface area contributed by atoms with Crippen LogP contribution in [0, 0.1) is 12.7 Å². The fourth-order valence-electron chi connectivity index (χ4n) is 3.42. The first kappa shape index (κ1) is 18.9. The number of aryl methyl sites for hydroxylation is 1. The highest BCUT2D eigenvalue weighted by molar-refractivity contribution is 6.39. The summed E-state index contributed by atoms with van der Waals surface area (Å²) >= 11 is 6.30. The monoisotopic (exact) mass is 407 g/mol. The molecule has 0 aromatic heterocycles. The third kappa shape index (κ3) is 3.19. The first-order valence-corrected chi connectivity index (χ1v) is 9.20. The van der Waals surface area contributed by atoms with Gasteiger partial charge in [0.2, 0.25) is 0 Å². The molecule has 1 amide bonds. The molecule has 6 heteroatoms. The number of carboxylic acids is 1. The van der Waals surface area contributed by atoms with E-state index >= 15 is 0 Å². The lowest BCUT2D eigenvalue weighted by Gasteiger charge is -2.17. The number of carboxylic acid groups (broad SMARTS) is 1. The summed E-state index contributed by atoms with van der Waals surface area (Å²) in [7, 11) is 0. The van der Waals surface area contributed by atoms with Gasteiger partial charge in [-0.2, -0.15) is 0 Å². The van der Waals surface area contributed by atoms with E-state index in [-0.39, 0.29) is 16.7 Å². The summed E-state index contributed by atoms with van der Waals surface area (Å²) in [5.74, 6) is -1.99. The Morgan fingerprint density at radius 2 is 1.76 bits per heavy atom. The van der Waals surface area contributed by atoms with Crippen LogP contribution in [-0.4, -0.2) is 17.0 Å². The van der Waals surface area contributed by atoms with Gasteiger partial charge in [-0.05, 0) is 66.6 Å². The summed E-state index contributed by atoms with van der Waals surface area (Å²) in [6, 6.07) is 15.7. The highest BCUT2D eigenvalue weighted by atomic mass is 35.5. The van der Waals surface area contributed by atoms with E-state index in [1.54, 1.807) is 24.3 Å². The number of anilines is 2. The molecule has 0 bridgehead atoms. The highest BCUT2D eigenvalue weighted by Gasteiger charge is 2.36. The second-order valence-electron chi connectivity index (χ2n) is 6.65. The fraction of sp³-hybridized carbons (Fsp3) is 0.0435. The van der Waals surface area contributed by atoms with Crippen molar-refractivity contribution < 1.29 is 19.1 Å². The van der Waals surface area contributed by atoms with E-state index in [1.807, 2.05) is 13.0 Å². The normalized spacial score (nSPS) is 14.4. The number of hydrogen-bond acceptors (Lipinski definition) is 2. The molecular weight excluding hydrogens is 393 g/mol. The maximum atomic E-state index is 14.7. The van der Waals surface area contributed by atoms with Crippen molar-refractivity contribution in [1.82, 2.24) is 0 Å². The molecule has 1 aliphatic rings. The highest BCUT2D eigenvalue weighted by Crippen LogP contribution is 2.44. The number of carbonyl (C=O) groups excluding carboxylic acids is 1. The van der Waals surface area contributed by atoms with Crippen LogP contribution in [0.15, 0.2) is 60.7 Å². The van der Waals surface area contributed by atoms with E-state index in [4.69, 9.17) is 16.7 Å². The van der Waals surface area contributed by atoms with Gasteiger partial charge in [0.05, 0.1) is 16.8 Å². The van der Waals surface area contributed by atoms with Crippen LogP contribution in [0.5, 0.6) is 0 Å². The number of nitrogens with zero attached hydrogens (tertiary/aromatic N) is 1.